The van der Waals surface area contributed by atoms with E-state index in [4.69, 9.17) is 37.5 Å². The molecule has 0 unspecified atom stereocenters. The van der Waals surface area contributed by atoms with Gasteiger partial charge < -0.3 is 14.4 Å². The molecule has 0 N–H and O–H groups in total. The van der Waals surface area contributed by atoms with Crippen molar-refractivity contribution >= 4 is 46.6 Å². The molecule has 6 aromatic rings. The maximum atomic E-state index is 11.9. The lowest BCUT2D eigenvalue weighted by atomic mass is 9.97. The van der Waals surface area contributed by atoms with Crippen LogP contribution in [0.2, 0.25) is 10.2 Å². The quantitative estimate of drug-likeness (QED) is 0.113. The van der Waals surface area contributed by atoms with Crippen LogP contribution in [0.4, 0.5) is 16.3 Å². The minimum atomic E-state index is -0.628. The Morgan fingerprint density at radius 3 is 2.41 bits per heavy atom. The fourth-order valence-electron chi connectivity index (χ4n) is 5.86. The largest absolute Gasteiger partial charge is 0.472 e. The molecule has 0 atom stereocenters. The average Bonchev–Trinajstić information content (AvgIpc) is 3.82. The summed E-state index contributed by atoms with van der Waals surface area (Å²) in [5, 5.41) is 11.0. The molecular formula is C37H38Cl2N8O4. The van der Waals surface area contributed by atoms with Gasteiger partial charge in [-0.05, 0) is 67.1 Å². The van der Waals surface area contributed by atoms with E-state index < -0.39 is 6.09 Å². The van der Waals surface area contributed by atoms with Crippen molar-refractivity contribution in [2.24, 2.45) is 5.92 Å². The number of ether oxygens (including phenoxy) is 2. The maximum absolute atomic E-state index is 11.9. The van der Waals surface area contributed by atoms with Crippen molar-refractivity contribution in [1.29, 1.82) is 0 Å². The van der Waals surface area contributed by atoms with Crippen LogP contribution in [0.3, 0.4) is 0 Å². The van der Waals surface area contributed by atoms with E-state index in [1.54, 1.807) is 41.2 Å². The SMILES string of the molecule is COC(=O)N(OC)c1ccccc1COc1ccn(-c2ccc(Cl)cc2)n1.Cc1ccccc1-c1c(Cl)nc2ncnn2c1N1CCC(C)CC1. The van der Waals surface area contributed by atoms with Gasteiger partial charge >= 0.3 is 6.09 Å². The van der Waals surface area contributed by atoms with Gasteiger partial charge in [-0.25, -0.2) is 9.48 Å². The predicted octanol–water partition coefficient (Wildman–Crippen LogP) is 8.23. The molecule has 0 aliphatic carbocycles. The normalized spacial score (nSPS) is 13.1. The minimum absolute atomic E-state index is 0.199. The van der Waals surface area contributed by atoms with Gasteiger partial charge in [0.1, 0.15) is 23.9 Å². The van der Waals surface area contributed by atoms with Crippen molar-refractivity contribution in [3.63, 3.8) is 0 Å². The van der Waals surface area contributed by atoms with Gasteiger partial charge in [0.05, 0.1) is 31.2 Å². The summed E-state index contributed by atoms with van der Waals surface area (Å²) in [5.41, 5.74) is 5.36. The molecule has 0 saturated carbocycles. The Labute approximate surface area is 306 Å². The fourth-order valence-corrected chi connectivity index (χ4v) is 6.25. The van der Waals surface area contributed by atoms with E-state index in [2.05, 4.69) is 51.0 Å². The lowest BCUT2D eigenvalue weighted by molar-refractivity contribution is 0.115. The van der Waals surface area contributed by atoms with Crippen LogP contribution < -0.4 is 14.7 Å². The van der Waals surface area contributed by atoms with Crippen molar-refractivity contribution in [1.82, 2.24) is 29.4 Å². The highest BCUT2D eigenvalue weighted by atomic mass is 35.5. The number of halogens is 2. The molecule has 0 spiro atoms. The molecule has 12 nitrogen and oxygen atoms in total. The molecule has 1 fully saturated rings. The number of benzene rings is 3. The minimum Gasteiger partial charge on any atom is -0.472 e. The maximum Gasteiger partial charge on any atom is 0.438 e. The van der Waals surface area contributed by atoms with Crippen LogP contribution in [0.15, 0.2) is 91.4 Å². The van der Waals surface area contributed by atoms with Crippen molar-refractivity contribution in [2.45, 2.75) is 33.3 Å². The van der Waals surface area contributed by atoms with E-state index in [1.165, 1.54) is 39.0 Å². The number of carbonyl (C=O) groups is 1. The second-order valence-corrected chi connectivity index (χ2v) is 12.8. The number of hydrogen-bond acceptors (Lipinski definition) is 9. The molecule has 7 rings (SSSR count). The van der Waals surface area contributed by atoms with Crippen LogP contribution >= 0.6 is 23.2 Å². The summed E-state index contributed by atoms with van der Waals surface area (Å²) in [5.74, 6) is 2.75. The summed E-state index contributed by atoms with van der Waals surface area (Å²) >= 11 is 12.5. The van der Waals surface area contributed by atoms with Crippen molar-refractivity contribution < 1.29 is 19.1 Å². The van der Waals surface area contributed by atoms with Crippen LogP contribution in [-0.4, -0.2) is 62.8 Å². The number of amides is 1. The van der Waals surface area contributed by atoms with Gasteiger partial charge in [-0.2, -0.15) is 24.6 Å². The number of para-hydroxylation sites is 1. The van der Waals surface area contributed by atoms with Crippen molar-refractivity contribution in [2.75, 3.05) is 37.3 Å². The highest BCUT2D eigenvalue weighted by molar-refractivity contribution is 6.33. The first kappa shape index (κ1) is 35.6. The third-order valence-corrected chi connectivity index (χ3v) is 9.15. The van der Waals surface area contributed by atoms with E-state index in [1.807, 2.05) is 40.9 Å². The molecule has 1 amide bonds. The summed E-state index contributed by atoms with van der Waals surface area (Å²) in [6.45, 7) is 6.60. The zero-order valence-electron chi connectivity index (χ0n) is 28.7. The smallest absolute Gasteiger partial charge is 0.438 e. The number of rotatable bonds is 8. The second-order valence-electron chi connectivity index (χ2n) is 12.0. The van der Waals surface area contributed by atoms with E-state index in [0.29, 0.717) is 27.5 Å². The number of piperidine rings is 1. The number of aromatic nitrogens is 6. The summed E-state index contributed by atoms with van der Waals surface area (Å²) in [6, 6.07) is 24.5. The summed E-state index contributed by atoms with van der Waals surface area (Å²) in [7, 11) is 2.68. The molecule has 1 aliphatic rings. The van der Waals surface area contributed by atoms with Gasteiger partial charge in [-0.15, -0.1) is 5.10 Å². The van der Waals surface area contributed by atoms with Gasteiger partial charge in [0.2, 0.25) is 5.88 Å². The number of nitrogens with zero attached hydrogens (tertiary/aromatic N) is 8. The summed E-state index contributed by atoms with van der Waals surface area (Å²) in [4.78, 5) is 28.1. The Morgan fingerprint density at radius 1 is 0.961 bits per heavy atom. The van der Waals surface area contributed by atoms with Gasteiger partial charge in [0, 0.05) is 35.9 Å². The number of hydroxylamine groups is 1. The Kier molecular flexibility index (Phi) is 11.3. The number of carbonyl (C=O) groups excluding carboxylic acids is 1. The van der Waals surface area contributed by atoms with E-state index >= 15 is 0 Å². The van der Waals surface area contributed by atoms with Gasteiger partial charge in [-0.3, -0.25) is 4.84 Å². The number of aryl methyl sites for hydroxylation is 1. The molecule has 14 heteroatoms. The Hall–Kier alpha value is -5.17. The van der Waals surface area contributed by atoms with Gasteiger partial charge in [-0.1, -0.05) is 72.6 Å². The zero-order valence-corrected chi connectivity index (χ0v) is 30.3. The molecule has 51 heavy (non-hydrogen) atoms. The van der Waals surface area contributed by atoms with Crippen LogP contribution in [0.1, 0.15) is 30.9 Å². The summed E-state index contributed by atoms with van der Waals surface area (Å²) < 4.78 is 14.0. The lowest BCUT2D eigenvalue weighted by Gasteiger charge is -2.33. The first-order valence-electron chi connectivity index (χ1n) is 16.4. The first-order chi connectivity index (χ1) is 24.8. The molecule has 264 valence electrons. The third kappa shape index (κ3) is 8.09. The number of methoxy groups -OCH3 is 1. The molecule has 4 heterocycles. The summed E-state index contributed by atoms with van der Waals surface area (Å²) in [6.07, 6.45) is 5.04. The number of fused-ring (bicyclic) bond motifs is 1. The van der Waals surface area contributed by atoms with Crippen molar-refractivity contribution in [3.8, 4) is 22.7 Å². The van der Waals surface area contributed by atoms with Crippen LogP contribution in [0.25, 0.3) is 22.6 Å². The highest BCUT2D eigenvalue weighted by Crippen LogP contribution is 2.39. The fraction of sp³-hybridized carbons (Fsp3) is 0.270. The van der Waals surface area contributed by atoms with E-state index in [0.717, 1.165) is 52.3 Å². The standard InChI is InChI=1S/C19H18ClN3O4.C18H20ClN5/c1-25-19(24)23(26-2)17-6-4-3-5-14(17)13-27-18-11-12-22(21-18)16-9-7-15(20)8-10-16;1-12-7-9-23(10-8-12)17-15(14-6-4-3-5-13(14)2)16(19)22-18-20-11-21-24(17)18/h3-12H,13H2,1-2H3;3-6,11-12H,7-10H2,1-2H3. The zero-order chi connectivity index (χ0) is 35.9. The lowest BCUT2D eigenvalue weighted by Crippen LogP contribution is -2.34. The molecule has 0 radical (unpaired) electrons. The number of anilines is 2. The monoisotopic (exact) mass is 728 g/mol. The van der Waals surface area contributed by atoms with Crippen LogP contribution in [-0.2, 0) is 16.2 Å². The molecule has 0 bridgehead atoms. The number of hydrogen-bond donors (Lipinski definition) is 0. The van der Waals surface area contributed by atoms with E-state index in [9.17, 15) is 4.79 Å². The van der Waals surface area contributed by atoms with Crippen LogP contribution in [0, 0.1) is 12.8 Å². The van der Waals surface area contributed by atoms with Crippen LogP contribution in [0.5, 0.6) is 5.88 Å². The molecule has 1 saturated heterocycles. The Morgan fingerprint density at radius 2 is 1.69 bits per heavy atom. The first-order valence-corrected chi connectivity index (χ1v) is 17.2. The van der Waals surface area contributed by atoms with Crippen molar-refractivity contribution in [3.05, 3.63) is 113 Å². The van der Waals surface area contributed by atoms with Gasteiger partial charge in [0.25, 0.3) is 5.78 Å². The highest BCUT2D eigenvalue weighted by Gasteiger charge is 2.26. The topological polar surface area (TPSA) is 112 Å². The Balaban J connectivity index is 0.000000177. The Bertz CT molecular complexity index is 2090. The second kappa shape index (κ2) is 16.2. The van der Waals surface area contributed by atoms with E-state index in [-0.39, 0.29) is 6.61 Å². The molecule has 3 aromatic heterocycles. The average molecular weight is 730 g/mol. The third-order valence-electron chi connectivity index (χ3n) is 8.62. The molecular weight excluding hydrogens is 691 g/mol. The predicted molar refractivity (Wildman–Crippen MR) is 198 cm³/mol. The molecule has 1 aliphatic heterocycles. The van der Waals surface area contributed by atoms with Gasteiger partial charge in [0.15, 0.2) is 0 Å². The molecule has 3 aromatic carbocycles.